The van der Waals surface area contributed by atoms with Crippen molar-refractivity contribution >= 4 is 28.2 Å². The molecule has 1 unspecified atom stereocenters. The number of hydrogen-bond acceptors (Lipinski definition) is 4. The molecule has 32 heavy (non-hydrogen) atoms. The molecule has 0 saturated carbocycles. The Bertz CT molecular complexity index is 1210. The van der Waals surface area contributed by atoms with Gasteiger partial charge in [-0.1, -0.05) is 31.2 Å². The van der Waals surface area contributed by atoms with E-state index >= 15 is 0 Å². The van der Waals surface area contributed by atoms with Crippen LogP contribution in [0, 0.1) is 5.92 Å². The van der Waals surface area contributed by atoms with Crippen molar-refractivity contribution in [3.05, 3.63) is 64.4 Å². The third-order valence-electron chi connectivity index (χ3n) is 5.57. The summed E-state index contributed by atoms with van der Waals surface area (Å²) in [6, 6.07) is 11.5. The Hall–Kier alpha value is -3.36. The van der Waals surface area contributed by atoms with Crippen molar-refractivity contribution in [3.63, 3.8) is 0 Å². The first-order chi connectivity index (χ1) is 15.2. The standard InChI is InChI=1S/C23H23F3N4O2/c1-15-6-5-11-29(13-15)21-18-9-2-3-10-19(18)22(32)30(28-21)14-20(31)27-17-8-4-7-16(12-17)23(24,25)26/h2-4,7-10,12,15H,5-6,11,13-14H2,1H3,(H,27,31). The molecule has 1 aliphatic rings. The molecule has 1 atom stereocenters. The first-order valence-electron chi connectivity index (χ1n) is 10.4. The molecule has 1 fully saturated rings. The maximum Gasteiger partial charge on any atom is 0.416 e. The van der Waals surface area contributed by atoms with Gasteiger partial charge >= 0.3 is 6.18 Å². The van der Waals surface area contributed by atoms with E-state index in [9.17, 15) is 22.8 Å². The highest BCUT2D eigenvalue weighted by atomic mass is 19.4. The number of carbonyl (C=O) groups is 1. The molecule has 6 nitrogen and oxygen atoms in total. The van der Waals surface area contributed by atoms with Crippen molar-refractivity contribution in [3.8, 4) is 0 Å². The summed E-state index contributed by atoms with van der Waals surface area (Å²) in [6.07, 6.45) is -2.39. The maximum atomic E-state index is 13.0. The fourth-order valence-corrected chi connectivity index (χ4v) is 4.05. The summed E-state index contributed by atoms with van der Waals surface area (Å²) < 4.78 is 39.9. The lowest BCUT2D eigenvalue weighted by atomic mass is 10.00. The van der Waals surface area contributed by atoms with Crippen LogP contribution in [-0.2, 0) is 17.5 Å². The third kappa shape index (κ3) is 4.61. The van der Waals surface area contributed by atoms with E-state index in [1.807, 2.05) is 12.1 Å². The van der Waals surface area contributed by atoms with Gasteiger partial charge in [-0.15, -0.1) is 0 Å². The Morgan fingerprint density at radius 2 is 1.91 bits per heavy atom. The average molecular weight is 444 g/mol. The highest BCUT2D eigenvalue weighted by Gasteiger charge is 2.30. The van der Waals surface area contributed by atoms with Crippen LogP contribution in [0.15, 0.2) is 53.3 Å². The molecule has 0 bridgehead atoms. The molecule has 1 aliphatic heterocycles. The Morgan fingerprint density at radius 3 is 2.62 bits per heavy atom. The molecule has 2 heterocycles. The zero-order chi connectivity index (χ0) is 22.9. The van der Waals surface area contributed by atoms with E-state index in [-0.39, 0.29) is 5.69 Å². The second-order valence-electron chi connectivity index (χ2n) is 8.15. The number of aromatic nitrogens is 2. The lowest BCUT2D eigenvalue weighted by molar-refractivity contribution is -0.137. The van der Waals surface area contributed by atoms with E-state index in [0.29, 0.717) is 17.1 Å². The maximum absolute atomic E-state index is 13.0. The predicted octanol–water partition coefficient (Wildman–Crippen LogP) is 4.29. The van der Waals surface area contributed by atoms with Gasteiger partial charge < -0.3 is 10.2 Å². The van der Waals surface area contributed by atoms with E-state index < -0.39 is 29.8 Å². The van der Waals surface area contributed by atoms with Crippen LogP contribution >= 0.6 is 0 Å². The number of nitrogens with zero attached hydrogens (tertiary/aromatic N) is 3. The molecule has 9 heteroatoms. The topological polar surface area (TPSA) is 67.2 Å². The van der Waals surface area contributed by atoms with Gasteiger partial charge in [0.05, 0.1) is 10.9 Å². The van der Waals surface area contributed by atoms with Gasteiger partial charge in [-0.2, -0.15) is 18.3 Å². The zero-order valence-corrected chi connectivity index (χ0v) is 17.5. The van der Waals surface area contributed by atoms with Crippen molar-refractivity contribution in [2.45, 2.75) is 32.5 Å². The minimum absolute atomic E-state index is 0.00346. The van der Waals surface area contributed by atoms with Crippen LogP contribution < -0.4 is 15.8 Å². The van der Waals surface area contributed by atoms with Gasteiger partial charge in [0.1, 0.15) is 6.54 Å². The second kappa shape index (κ2) is 8.64. The molecule has 0 radical (unpaired) electrons. The number of halogens is 3. The second-order valence-corrected chi connectivity index (χ2v) is 8.15. The van der Waals surface area contributed by atoms with Crippen LogP contribution in [0.2, 0.25) is 0 Å². The Labute approximate surface area is 182 Å². The number of hydrogen-bond donors (Lipinski definition) is 1. The first kappa shape index (κ1) is 21.9. The highest BCUT2D eigenvalue weighted by molar-refractivity contribution is 5.93. The molecule has 1 saturated heterocycles. The summed E-state index contributed by atoms with van der Waals surface area (Å²) in [4.78, 5) is 27.6. The fraction of sp³-hybridized carbons (Fsp3) is 0.348. The monoisotopic (exact) mass is 444 g/mol. The molecule has 1 N–H and O–H groups in total. The molecule has 3 aromatic rings. The van der Waals surface area contributed by atoms with Gasteiger partial charge in [0.15, 0.2) is 5.82 Å². The number of fused-ring (bicyclic) bond motifs is 1. The van der Waals surface area contributed by atoms with Crippen LogP contribution in [0.3, 0.4) is 0 Å². The molecule has 1 amide bonds. The molecule has 2 aromatic carbocycles. The summed E-state index contributed by atoms with van der Waals surface area (Å²) in [5, 5.41) is 8.09. The molecule has 0 spiro atoms. The molecule has 168 valence electrons. The number of piperidine rings is 1. The molecular formula is C23H23F3N4O2. The quantitative estimate of drug-likeness (QED) is 0.652. The van der Waals surface area contributed by atoms with Crippen LogP contribution in [0.5, 0.6) is 0 Å². The van der Waals surface area contributed by atoms with Gasteiger partial charge in [0, 0.05) is 24.2 Å². The first-order valence-corrected chi connectivity index (χ1v) is 10.4. The molecule has 0 aliphatic carbocycles. The molecule has 4 rings (SSSR count). The molecule has 1 aromatic heterocycles. The van der Waals surface area contributed by atoms with E-state index in [0.717, 1.165) is 48.1 Å². The third-order valence-corrected chi connectivity index (χ3v) is 5.57. The summed E-state index contributed by atoms with van der Waals surface area (Å²) in [5.41, 5.74) is -1.28. The lowest BCUT2D eigenvalue weighted by Gasteiger charge is -2.32. The molecular weight excluding hydrogens is 421 g/mol. The van der Waals surface area contributed by atoms with E-state index in [1.54, 1.807) is 12.1 Å². The lowest BCUT2D eigenvalue weighted by Crippen LogP contribution is -2.38. The number of rotatable bonds is 4. The average Bonchev–Trinajstić information content (AvgIpc) is 2.75. The van der Waals surface area contributed by atoms with Gasteiger partial charge in [0.2, 0.25) is 5.91 Å². The predicted molar refractivity (Wildman–Crippen MR) is 117 cm³/mol. The smallest absolute Gasteiger partial charge is 0.354 e. The Kier molecular flexibility index (Phi) is 5.90. The van der Waals surface area contributed by atoms with E-state index in [2.05, 4.69) is 22.2 Å². The van der Waals surface area contributed by atoms with Gasteiger partial charge in [0.25, 0.3) is 5.56 Å². The largest absolute Gasteiger partial charge is 0.416 e. The number of anilines is 2. The van der Waals surface area contributed by atoms with Crippen molar-refractivity contribution in [2.75, 3.05) is 23.3 Å². The van der Waals surface area contributed by atoms with Gasteiger partial charge in [-0.05, 0) is 43.0 Å². The van der Waals surface area contributed by atoms with Crippen molar-refractivity contribution in [1.29, 1.82) is 0 Å². The minimum Gasteiger partial charge on any atom is -0.354 e. The number of benzene rings is 2. The number of nitrogens with one attached hydrogen (secondary N) is 1. The van der Waals surface area contributed by atoms with E-state index in [4.69, 9.17) is 0 Å². The van der Waals surface area contributed by atoms with Crippen LogP contribution in [0.4, 0.5) is 24.7 Å². The van der Waals surface area contributed by atoms with Crippen molar-refractivity contribution in [2.24, 2.45) is 5.92 Å². The number of carbonyl (C=O) groups excluding carboxylic acids is 1. The van der Waals surface area contributed by atoms with Crippen LogP contribution in [0.1, 0.15) is 25.3 Å². The van der Waals surface area contributed by atoms with Crippen molar-refractivity contribution in [1.82, 2.24) is 9.78 Å². The highest BCUT2D eigenvalue weighted by Crippen LogP contribution is 2.31. The fourth-order valence-electron chi connectivity index (χ4n) is 4.05. The zero-order valence-electron chi connectivity index (χ0n) is 17.5. The SMILES string of the molecule is CC1CCCN(c2nn(CC(=O)Nc3cccc(C(F)(F)F)c3)c(=O)c3ccccc23)C1. The summed E-state index contributed by atoms with van der Waals surface area (Å²) >= 11 is 0. The van der Waals surface area contributed by atoms with Gasteiger partial charge in [-0.3, -0.25) is 9.59 Å². The summed E-state index contributed by atoms with van der Waals surface area (Å²) in [7, 11) is 0. The van der Waals surface area contributed by atoms with E-state index in [1.165, 1.54) is 12.1 Å². The Balaban J connectivity index is 1.64. The van der Waals surface area contributed by atoms with Crippen LogP contribution in [-0.4, -0.2) is 28.8 Å². The van der Waals surface area contributed by atoms with Crippen molar-refractivity contribution < 1.29 is 18.0 Å². The minimum atomic E-state index is -4.52. The Morgan fingerprint density at radius 1 is 1.16 bits per heavy atom. The number of amides is 1. The van der Waals surface area contributed by atoms with Gasteiger partial charge in [-0.25, -0.2) is 4.68 Å². The summed E-state index contributed by atoms with van der Waals surface area (Å²) in [6.45, 7) is 3.35. The summed E-state index contributed by atoms with van der Waals surface area (Å²) in [5.74, 6) is 0.486. The van der Waals surface area contributed by atoms with Crippen LogP contribution in [0.25, 0.3) is 10.8 Å². The number of alkyl halides is 3. The normalized spacial score (nSPS) is 16.9.